The average Bonchev–Trinajstić information content (AvgIpc) is 2.35. The molecule has 0 aliphatic heterocycles. The Morgan fingerprint density at radius 3 is 1.82 bits per heavy atom. The maximum Gasteiger partial charge on any atom is 0.0322 e. The molecule has 0 unspecified atom stereocenters. The molecule has 0 amide bonds. The van der Waals surface area contributed by atoms with Crippen molar-refractivity contribution < 1.29 is 0 Å². The third-order valence-corrected chi connectivity index (χ3v) is 3.15. The van der Waals surface area contributed by atoms with Gasteiger partial charge in [-0.15, -0.1) is 0 Å². The molecular weight excluding hydrogens is 208 g/mol. The Balaban J connectivity index is 2.96. The molecule has 0 heterocycles. The molecule has 0 aromatic carbocycles. The maximum absolute atomic E-state index is 5.44. The predicted molar refractivity (Wildman–Crippen MR) is 78.0 cm³/mol. The van der Waals surface area contributed by atoms with Crippen LogP contribution in [0.15, 0.2) is 12.3 Å². The highest BCUT2D eigenvalue weighted by Gasteiger charge is 1.93. The molecule has 17 heavy (non-hydrogen) atoms. The van der Waals surface area contributed by atoms with Crippen LogP contribution in [-0.4, -0.2) is 13.1 Å². The summed E-state index contributed by atoms with van der Waals surface area (Å²) in [6, 6.07) is 0. The Bertz CT molecular complexity index is 166. The summed E-state index contributed by atoms with van der Waals surface area (Å²) >= 11 is 0. The van der Waals surface area contributed by atoms with E-state index in [1.807, 2.05) is 0 Å². The lowest BCUT2D eigenvalue weighted by molar-refractivity contribution is 0.551. The quantitative estimate of drug-likeness (QED) is 0.478. The molecule has 3 N–H and O–H groups in total. The van der Waals surface area contributed by atoms with Crippen molar-refractivity contribution in [1.82, 2.24) is 5.32 Å². The van der Waals surface area contributed by atoms with Gasteiger partial charge in [0.25, 0.3) is 0 Å². The lowest BCUT2D eigenvalue weighted by Gasteiger charge is -2.06. The molecule has 0 aliphatic rings. The fraction of sp³-hybridized carbons (Fsp3) is 0.867. The van der Waals surface area contributed by atoms with Gasteiger partial charge in [0.15, 0.2) is 0 Å². The van der Waals surface area contributed by atoms with Crippen LogP contribution >= 0.6 is 0 Å². The van der Waals surface area contributed by atoms with E-state index in [2.05, 4.69) is 18.8 Å². The SMILES string of the molecule is C=C(CN)NCCCCCCCCCCCC. The highest BCUT2D eigenvalue weighted by Crippen LogP contribution is 2.10. The van der Waals surface area contributed by atoms with Gasteiger partial charge in [-0.2, -0.15) is 0 Å². The normalized spacial score (nSPS) is 10.5. The van der Waals surface area contributed by atoms with E-state index < -0.39 is 0 Å². The molecule has 0 rings (SSSR count). The topological polar surface area (TPSA) is 38.0 Å². The molecule has 0 saturated carbocycles. The largest absolute Gasteiger partial charge is 0.388 e. The van der Waals surface area contributed by atoms with E-state index in [-0.39, 0.29) is 0 Å². The minimum absolute atomic E-state index is 0.553. The van der Waals surface area contributed by atoms with Gasteiger partial charge in [0.1, 0.15) is 0 Å². The van der Waals surface area contributed by atoms with E-state index in [4.69, 9.17) is 5.73 Å². The highest BCUT2D eigenvalue weighted by molar-refractivity contribution is 4.91. The summed E-state index contributed by atoms with van der Waals surface area (Å²) in [7, 11) is 0. The van der Waals surface area contributed by atoms with Crippen molar-refractivity contribution in [2.45, 2.75) is 71.1 Å². The molecule has 0 fully saturated rings. The molecule has 102 valence electrons. The van der Waals surface area contributed by atoms with Crippen LogP contribution < -0.4 is 11.1 Å². The summed E-state index contributed by atoms with van der Waals surface area (Å²) < 4.78 is 0. The second kappa shape index (κ2) is 13.6. The number of unbranched alkanes of at least 4 members (excludes halogenated alkanes) is 9. The fourth-order valence-corrected chi connectivity index (χ4v) is 1.95. The third-order valence-electron chi connectivity index (χ3n) is 3.15. The zero-order chi connectivity index (χ0) is 12.8. The number of nitrogens with one attached hydrogen (secondary N) is 1. The third kappa shape index (κ3) is 13.4. The Hall–Kier alpha value is -0.500. The fourth-order valence-electron chi connectivity index (χ4n) is 1.95. The van der Waals surface area contributed by atoms with Gasteiger partial charge in [-0.05, 0) is 6.42 Å². The van der Waals surface area contributed by atoms with E-state index in [9.17, 15) is 0 Å². The van der Waals surface area contributed by atoms with Crippen molar-refractivity contribution in [3.8, 4) is 0 Å². The highest BCUT2D eigenvalue weighted by atomic mass is 14.9. The first kappa shape index (κ1) is 16.5. The first-order valence-corrected chi connectivity index (χ1v) is 7.43. The van der Waals surface area contributed by atoms with Gasteiger partial charge >= 0.3 is 0 Å². The Morgan fingerprint density at radius 1 is 0.882 bits per heavy atom. The van der Waals surface area contributed by atoms with E-state index >= 15 is 0 Å². The summed E-state index contributed by atoms with van der Waals surface area (Å²) in [6.45, 7) is 7.68. The molecule has 0 spiro atoms. The smallest absolute Gasteiger partial charge is 0.0322 e. The van der Waals surface area contributed by atoms with Crippen molar-refractivity contribution in [2.24, 2.45) is 5.73 Å². The molecule has 0 bridgehead atoms. The van der Waals surface area contributed by atoms with Crippen LogP contribution in [0.1, 0.15) is 71.1 Å². The average molecular weight is 240 g/mol. The van der Waals surface area contributed by atoms with Crippen molar-refractivity contribution in [3.63, 3.8) is 0 Å². The lowest BCUT2D eigenvalue weighted by atomic mass is 10.1. The van der Waals surface area contributed by atoms with Crippen molar-refractivity contribution in [2.75, 3.05) is 13.1 Å². The number of rotatable bonds is 13. The molecule has 0 aromatic rings. The van der Waals surface area contributed by atoms with Crippen LogP contribution in [0.5, 0.6) is 0 Å². The molecule has 0 aromatic heterocycles. The second-order valence-corrected chi connectivity index (χ2v) is 4.92. The van der Waals surface area contributed by atoms with E-state index in [0.29, 0.717) is 6.54 Å². The van der Waals surface area contributed by atoms with Crippen molar-refractivity contribution in [1.29, 1.82) is 0 Å². The lowest BCUT2D eigenvalue weighted by Crippen LogP contribution is -2.20. The van der Waals surface area contributed by atoms with Gasteiger partial charge < -0.3 is 11.1 Å². The molecule has 0 saturated heterocycles. The van der Waals surface area contributed by atoms with Crippen LogP contribution in [-0.2, 0) is 0 Å². The summed E-state index contributed by atoms with van der Waals surface area (Å²) in [6.07, 6.45) is 13.9. The monoisotopic (exact) mass is 240 g/mol. The van der Waals surface area contributed by atoms with Crippen molar-refractivity contribution in [3.05, 3.63) is 12.3 Å². The van der Waals surface area contributed by atoms with E-state index in [1.54, 1.807) is 0 Å². The number of hydrogen-bond donors (Lipinski definition) is 2. The second-order valence-electron chi connectivity index (χ2n) is 4.92. The summed E-state index contributed by atoms with van der Waals surface area (Å²) in [5, 5.41) is 3.24. The molecule has 2 nitrogen and oxygen atoms in total. The van der Waals surface area contributed by atoms with Gasteiger partial charge in [0.05, 0.1) is 0 Å². The Labute approximate surface area is 108 Å². The van der Waals surface area contributed by atoms with Crippen LogP contribution in [0.2, 0.25) is 0 Å². The number of hydrogen-bond acceptors (Lipinski definition) is 2. The summed E-state index contributed by atoms with van der Waals surface area (Å²) in [5.74, 6) is 0. The Kier molecular flexibility index (Phi) is 13.2. The summed E-state index contributed by atoms with van der Waals surface area (Å²) in [5.41, 5.74) is 6.40. The molecule has 2 heteroatoms. The van der Waals surface area contributed by atoms with Crippen molar-refractivity contribution >= 4 is 0 Å². The van der Waals surface area contributed by atoms with Crippen LogP contribution in [0.4, 0.5) is 0 Å². The van der Waals surface area contributed by atoms with Gasteiger partial charge in [0.2, 0.25) is 0 Å². The molecule has 0 atom stereocenters. The first-order valence-electron chi connectivity index (χ1n) is 7.43. The van der Waals surface area contributed by atoms with Crippen LogP contribution in [0, 0.1) is 0 Å². The zero-order valence-electron chi connectivity index (χ0n) is 11.8. The van der Waals surface area contributed by atoms with Gasteiger partial charge in [-0.25, -0.2) is 0 Å². The summed E-state index contributed by atoms with van der Waals surface area (Å²) in [4.78, 5) is 0. The van der Waals surface area contributed by atoms with Gasteiger partial charge in [-0.3, -0.25) is 0 Å². The van der Waals surface area contributed by atoms with Gasteiger partial charge in [-0.1, -0.05) is 71.3 Å². The maximum atomic E-state index is 5.44. The zero-order valence-corrected chi connectivity index (χ0v) is 11.8. The van der Waals surface area contributed by atoms with Crippen LogP contribution in [0.25, 0.3) is 0 Å². The minimum Gasteiger partial charge on any atom is -0.388 e. The molecule has 0 radical (unpaired) electrons. The van der Waals surface area contributed by atoms with E-state index in [0.717, 1.165) is 12.2 Å². The Morgan fingerprint density at radius 2 is 1.35 bits per heavy atom. The molecule has 0 aliphatic carbocycles. The standard InChI is InChI=1S/C15H32N2/c1-3-4-5-6-7-8-9-10-11-12-13-17-15(2)14-16/h17H,2-14,16H2,1H3. The van der Waals surface area contributed by atoms with Gasteiger partial charge in [0, 0.05) is 18.8 Å². The molecular formula is C15H32N2. The van der Waals surface area contributed by atoms with E-state index in [1.165, 1.54) is 64.2 Å². The minimum atomic E-state index is 0.553. The number of nitrogens with two attached hydrogens (primary N) is 1. The first-order chi connectivity index (χ1) is 8.31. The van der Waals surface area contributed by atoms with Crippen LogP contribution in [0.3, 0.4) is 0 Å². The predicted octanol–water partition coefficient (Wildman–Crippen LogP) is 3.97.